The first-order valence-electron chi connectivity index (χ1n) is 20.8. The molecule has 2 N–H and O–H groups in total. The number of rotatable bonds is 6. The van der Waals surface area contributed by atoms with Gasteiger partial charge < -0.3 is 38.3 Å². The summed E-state index contributed by atoms with van der Waals surface area (Å²) in [6, 6.07) is 2.67. The molecule has 10 rings (SSSR count). The van der Waals surface area contributed by atoms with Crippen molar-refractivity contribution in [3.05, 3.63) is 62.7 Å². The number of carbonyl (C=O) groups is 3. The Bertz CT molecular complexity index is 2680. The summed E-state index contributed by atoms with van der Waals surface area (Å²) in [5, 5.41) is 25.6. The maximum Gasteiger partial charge on any atom is 0.460 e. The van der Waals surface area contributed by atoms with E-state index < -0.39 is 95.0 Å². The van der Waals surface area contributed by atoms with Gasteiger partial charge in [0.05, 0.1) is 37.6 Å². The number of halogens is 7. The number of thioether (sulfide) groups is 1. The molecule has 15 nitrogen and oxygen atoms in total. The average molecular weight is 967 g/mol. The minimum atomic E-state index is -6.81. The first-order chi connectivity index (χ1) is 31.6. The maximum absolute atomic E-state index is 15.0. The zero-order valence-corrected chi connectivity index (χ0v) is 37.2. The Morgan fingerprint density at radius 2 is 1.67 bits per heavy atom. The SMILES string of the molecule is COc1cc2c(cc1OC(=O)C(F)(F)C(F)(F)C(F)(F)F)CCN[C@]21CS[C@@H]2c3c(OC(C)=O)c(C)c4c(c3[C@@H](COC1=O)N1C2[C@H]2c3c(cc(C)c(OC)c3O)C[C@H]([C@@H]1C#N)N2C)OCO4. The van der Waals surface area contributed by atoms with Crippen molar-refractivity contribution in [2.75, 3.05) is 47.0 Å². The van der Waals surface area contributed by atoms with Crippen molar-refractivity contribution in [1.29, 1.82) is 5.26 Å². The molecule has 0 radical (unpaired) electrons. The number of methoxy groups -OCH3 is 2. The number of nitrogens with one attached hydrogen (secondary N) is 1. The number of phenols is 1. The first kappa shape index (κ1) is 46.4. The van der Waals surface area contributed by atoms with Crippen molar-refractivity contribution in [3.8, 4) is 46.3 Å². The Labute approximate surface area is 381 Å². The Balaban J connectivity index is 1.24. The van der Waals surface area contributed by atoms with E-state index in [-0.39, 0.29) is 65.4 Å². The smallest absolute Gasteiger partial charge is 0.460 e. The standard InChI is InChI=1S/C44H41F7N4O11S/c1-17-9-21-10-23-24(13-52)55-25-14-62-39(58)41(22-12-26(60-5)27(11-20(22)7-8-53-41)66-40(59)42(45,46)43(47,48)44(49,50)51)15-67-38(32(55)31(54(23)4)28(21)33(57)34(17)61-6)30-29(25)37-36(63-16-64-37)18(2)35(30)65-19(3)56/h9,11-12,23-25,31-32,38,53,57H,7-8,10,14-16H2,1-6H3/t23-,24+,25-,31-,32?,38-,41-/m1/s1. The van der Waals surface area contributed by atoms with Gasteiger partial charge in [-0.1, -0.05) is 6.07 Å². The van der Waals surface area contributed by atoms with E-state index in [4.69, 9.17) is 28.4 Å². The number of esters is 3. The lowest BCUT2D eigenvalue weighted by Gasteiger charge is -2.62. The number of hydrogen-bond acceptors (Lipinski definition) is 16. The van der Waals surface area contributed by atoms with Crippen LogP contribution in [-0.2, 0) is 37.5 Å². The summed E-state index contributed by atoms with van der Waals surface area (Å²) in [6.45, 7) is 4.03. The molecule has 7 heterocycles. The van der Waals surface area contributed by atoms with Crippen molar-refractivity contribution in [3.63, 3.8) is 0 Å². The quantitative estimate of drug-likeness (QED) is 0.166. The van der Waals surface area contributed by atoms with Crippen molar-refractivity contribution in [2.45, 2.75) is 92.6 Å². The molecule has 0 saturated carbocycles. The van der Waals surface area contributed by atoms with E-state index >= 15 is 0 Å². The fourth-order valence-electron chi connectivity index (χ4n) is 10.7. The molecule has 4 bridgehead atoms. The molecule has 67 heavy (non-hydrogen) atoms. The highest BCUT2D eigenvalue weighted by molar-refractivity contribution is 7.99. The van der Waals surface area contributed by atoms with E-state index in [0.29, 0.717) is 34.2 Å². The largest absolute Gasteiger partial charge is 0.504 e. The Morgan fingerprint density at radius 3 is 2.33 bits per heavy atom. The van der Waals surface area contributed by atoms with E-state index in [1.807, 2.05) is 22.9 Å². The van der Waals surface area contributed by atoms with Gasteiger partial charge in [0, 0.05) is 53.6 Å². The van der Waals surface area contributed by atoms with Gasteiger partial charge >= 0.3 is 35.9 Å². The molecule has 3 aromatic carbocycles. The van der Waals surface area contributed by atoms with Crippen LogP contribution in [0, 0.1) is 25.2 Å². The highest BCUT2D eigenvalue weighted by Gasteiger charge is 2.77. The minimum Gasteiger partial charge on any atom is -0.504 e. The molecule has 1 unspecified atom stereocenters. The van der Waals surface area contributed by atoms with E-state index in [2.05, 4.69) is 16.1 Å². The number of phenolic OH excluding ortho intramolecular Hbond substituents is 1. The third kappa shape index (κ3) is 6.59. The predicted octanol–water partition coefficient (Wildman–Crippen LogP) is 6.02. The molecule has 0 amide bonds. The second kappa shape index (κ2) is 16.0. The molecule has 7 aliphatic heterocycles. The first-order valence-corrected chi connectivity index (χ1v) is 21.8. The average Bonchev–Trinajstić information content (AvgIpc) is 3.76. The normalized spacial score (nSPS) is 26.6. The Hall–Kier alpha value is -5.70. The number of likely N-dealkylation sites (N-methyl/N-ethyl adjacent to an activating group) is 1. The Kier molecular flexibility index (Phi) is 11.0. The van der Waals surface area contributed by atoms with Crippen LogP contribution in [0.25, 0.3) is 0 Å². The van der Waals surface area contributed by atoms with Gasteiger partial charge in [0.15, 0.2) is 40.0 Å². The minimum absolute atomic E-state index is 0.00133. The molecular formula is C44H41F7N4O11S. The van der Waals surface area contributed by atoms with Crippen LogP contribution in [0.4, 0.5) is 30.7 Å². The number of carbonyl (C=O) groups excluding carboxylic acids is 3. The molecule has 7 atom stereocenters. The number of nitrogens with zero attached hydrogens (tertiary/aromatic N) is 3. The predicted molar refractivity (Wildman–Crippen MR) is 218 cm³/mol. The number of hydrogen-bond donors (Lipinski definition) is 2. The third-order valence-corrected chi connectivity index (χ3v) is 15.1. The van der Waals surface area contributed by atoms with E-state index in [9.17, 15) is 55.5 Å². The highest BCUT2D eigenvalue weighted by atomic mass is 32.2. The lowest BCUT2D eigenvalue weighted by molar-refractivity contribution is -0.346. The zero-order valence-electron chi connectivity index (χ0n) is 36.4. The lowest BCUT2D eigenvalue weighted by Crippen LogP contribution is -2.69. The maximum atomic E-state index is 15.0. The van der Waals surface area contributed by atoms with Gasteiger partial charge in [-0.2, -0.15) is 36.0 Å². The van der Waals surface area contributed by atoms with Crippen LogP contribution in [0.1, 0.15) is 68.8 Å². The van der Waals surface area contributed by atoms with Gasteiger partial charge in [-0.3, -0.25) is 19.9 Å². The van der Waals surface area contributed by atoms with Crippen molar-refractivity contribution >= 4 is 29.7 Å². The van der Waals surface area contributed by atoms with E-state index in [1.165, 1.54) is 25.8 Å². The van der Waals surface area contributed by atoms with Crippen LogP contribution in [0.15, 0.2) is 18.2 Å². The zero-order chi connectivity index (χ0) is 48.4. The summed E-state index contributed by atoms with van der Waals surface area (Å²) < 4.78 is 136. The molecule has 7 aliphatic rings. The summed E-state index contributed by atoms with van der Waals surface area (Å²) in [4.78, 5) is 44.4. The summed E-state index contributed by atoms with van der Waals surface area (Å²) >= 11 is 1.19. The molecule has 0 aliphatic carbocycles. The number of alkyl halides is 7. The summed E-state index contributed by atoms with van der Waals surface area (Å²) in [7, 11) is 4.27. The molecule has 2 fully saturated rings. The molecule has 0 aromatic heterocycles. The van der Waals surface area contributed by atoms with Crippen molar-refractivity contribution in [1.82, 2.24) is 15.1 Å². The van der Waals surface area contributed by atoms with Gasteiger partial charge in [-0.25, -0.2) is 9.59 Å². The van der Waals surface area contributed by atoms with Gasteiger partial charge in [0.25, 0.3) is 0 Å². The lowest BCUT2D eigenvalue weighted by atomic mass is 9.71. The fraction of sp³-hybridized carbons (Fsp3) is 0.500. The second-order valence-corrected chi connectivity index (χ2v) is 18.2. The molecule has 23 heteroatoms. The molecule has 3 aromatic rings. The van der Waals surface area contributed by atoms with Crippen molar-refractivity contribution in [2.24, 2.45) is 0 Å². The number of aromatic hydroxyl groups is 1. The van der Waals surface area contributed by atoms with Gasteiger partial charge in [0.1, 0.15) is 18.4 Å². The van der Waals surface area contributed by atoms with E-state index in [0.717, 1.165) is 24.8 Å². The van der Waals surface area contributed by atoms with E-state index in [1.54, 1.807) is 13.8 Å². The van der Waals surface area contributed by atoms with Gasteiger partial charge in [0.2, 0.25) is 6.79 Å². The topological polar surface area (TPSA) is 178 Å². The number of aryl methyl sites for hydroxylation is 1. The molecule has 1 spiro atoms. The van der Waals surface area contributed by atoms with Gasteiger partial charge in [-0.05, 0) is 68.1 Å². The van der Waals surface area contributed by atoms with Gasteiger partial charge in [-0.15, -0.1) is 11.8 Å². The summed E-state index contributed by atoms with van der Waals surface area (Å²) in [6.07, 6.45) is -6.47. The molecule has 2 saturated heterocycles. The van der Waals surface area contributed by atoms with Crippen LogP contribution in [0.3, 0.4) is 0 Å². The van der Waals surface area contributed by atoms with Crippen molar-refractivity contribution < 1.29 is 83.4 Å². The van der Waals surface area contributed by atoms with Crippen LogP contribution in [0.2, 0.25) is 0 Å². The summed E-state index contributed by atoms with van der Waals surface area (Å²) in [5.74, 6) is -18.8. The number of ether oxygens (including phenoxy) is 7. The summed E-state index contributed by atoms with van der Waals surface area (Å²) in [5.41, 5.74) is 1.67. The van der Waals surface area contributed by atoms with Crippen LogP contribution < -0.4 is 33.7 Å². The van der Waals surface area contributed by atoms with Crippen LogP contribution in [0.5, 0.6) is 40.2 Å². The third-order valence-electron chi connectivity index (χ3n) is 13.6. The number of fused-ring (bicyclic) bond motifs is 9. The fourth-order valence-corrected chi connectivity index (χ4v) is 12.4. The monoisotopic (exact) mass is 966 g/mol. The highest BCUT2D eigenvalue weighted by Crippen LogP contribution is 2.65. The number of piperazine rings is 1. The molecule has 358 valence electrons. The molecular weight excluding hydrogens is 926 g/mol. The number of benzene rings is 3. The van der Waals surface area contributed by atoms with Crippen LogP contribution >= 0.6 is 11.8 Å². The second-order valence-electron chi connectivity index (χ2n) is 17.1. The number of nitriles is 1. The Morgan fingerprint density at radius 1 is 0.955 bits per heavy atom. The van der Waals surface area contributed by atoms with Crippen LogP contribution in [-0.4, -0.2) is 116 Å².